The number of nitrogens with zero attached hydrogens (tertiary/aromatic N) is 1. The number of anilines is 2. The largest absolute Gasteiger partial charge is 0.493 e. The fourth-order valence-electron chi connectivity index (χ4n) is 2.03. The minimum atomic E-state index is -3.70. The van der Waals surface area contributed by atoms with Crippen molar-refractivity contribution in [3.8, 4) is 11.5 Å². The average molecular weight is 336 g/mol. The predicted octanol–water partition coefficient (Wildman–Crippen LogP) is 2.57. The molecule has 124 valence electrons. The molecule has 0 aliphatic carbocycles. The molecule has 0 spiro atoms. The number of methoxy groups -OCH3 is 2. The number of sulfonamides is 1. The van der Waals surface area contributed by atoms with Gasteiger partial charge in [0.05, 0.1) is 19.1 Å². The predicted molar refractivity (Wildman–Crippen MR) is 91.1 cm³/mol. The van der Waals surface area contributed by atoms with E-state index in [1.54, 1.807) is 18.2 Å². The Kier molecular flexibility index (Phi) is 5.00. The molecular weight excluding hydrogens is 316 g/mol. The molecule has 0 heterocycles. The maximum absolute atomic E-state index is 12.5. The van der Waals surface area contributed by atoms with Gasteiger partial charge in [0.15, 0.2) is 11.5 Å². The van der Waals surface area contributed by atoms with Gasteiger partial charge in [-0.1, -0.05) is 0 Å². The standard InChI is InChI=1S/C16H20N2O4S/c1-18(2)13-7-5-12(6-8-13)17-23(19,20)14-9-10-15(21-3)16(11-14)22-4/h5-11,17H,1-4H3. The lowest BCUT2D eigenvalue weighted by atomic mass is 10.3. The van der Waals surface area contributed by atoms with E-state index < -0.39 is 10.0 Å². The van der Waals surface area contributed by atoms with E-state index in [0.717, 1.165) is 5.69 Å². The van der Waals surface area contributed by atoms with Crippen LogP contribution in [0.4, 0.5) is 11.4 Å². The van der Waals surface area contributed by atoms with Gasteiger partial charge in [0.2, 0.25) is 0 Å². The van der Waals surface area contributed by atoms with Gasteiger partial charge in [-0.05, 0) is 36.4 Å². The van der Waals surface area contributed by atoms with Crippen LogP contribution in [-0.4, -0.2) is 36.7 Å². The summed E-state index contributed by atoms with van der Waals surface area (Å²) in [5, 5.41) is 0. The van der Waals surface area contributed by atoms with Crippen LogP contribution in [0.2, 0.25) is 0 Å². The summed E-state index contributed by atoms with van der Waals surface area (Å²) in [6, 6.07) is 11.6. The molecule has 2 rings (SSSR count). The highest BCUT2D eigenvalue weighted by Crippen LogP contribution is 2.30. The topological polar surface area (TPSA) is 67.9 Å². The molecule has 0 aliphatic rings. The summed E-state index contributed by atoms with van der Waals surface area (Å²) in [6.45, 7) is 0. The first kappa shape index (κ1) is 17.0. The summed E-state index contributed by atoms with van der Waals surface area (Å²) in [7, 11) is 3.09. The van der Waals surface area contributed by atoms with E-state index in [1.807, 2.05) is 31.1 Å². The van der Waals surface area contributed by atoms with E-state index >= 15 is 0 Å². The minimum absolute atomic E-state index is 0.104. The van der Waals surface area contributed by atoms with Gasteiger partial charge in [-0.25, -0.2) is 8.42 Å². The summed E-state index contributed by atoms with van der Waals surface area (Å²) < 4.78 is 37.7. The lowest BCUT2D eigenvalue weighted by molar-refractivity contribution is 0.354. The van der Waals surface area contributed by atoms with Crippen LogP contribution in [-0.2, 0) is 10.0 Å². The summed E-state index contributed by atoms with van der Waals surface area (Å²) in [5.41, 5.74) is 1.48. The summed E-state index contributed by atoms with van der Waals surface area (Å²) in [6.07, 6.45) is 0. The number of rotatable bonds is 6. The maximum Gasteiger partial charge on any atom is 0.262 e. The Hall–Kier alpha value is -2.41. The molecule has 0 radical (unpaired) electrons. The molecule has 2 aromatic rings. The molecule has 0 unspecified atom stereocenters. The van der Waals surface area contributed by atoms with Gasteiger partial charge in [-0.2, -0.15) is 0 Å². The van der Waals surface area contributed by atoms with Crippen LogP contribution >= 0.6 is 0 Å². The van der Waals surface area contributed by atoms with Crippen LogP contribution in [0.3, 0.4) is 0 Å². The fourth-order valence-corrected chi connectivity index (χ4v) is 3.10. The highest BCUT2D eigenvalue weighted by Gasteiger charge is 2.17. The van der Waals surface area contributed by atoms with E-state index in [-0.39, 0.29) is 4.90 Å². The van der Waals surface area contributed by atoms with Crippen molar-refractivity contribution in [3.05, 3.63) is 42.5 Å². The van der Waals surface area contributed by atoms with Crippen molar-refractivity contribution >= 4 is 21.4 Å². The second-order valence-corrected chi connectivity index (χ2v) is 6.75. The Morgan fingerprint density at radius 3 is 2.04 bits per heavy atom. The SMILES string of the molecule is COc1ccc(S(=O)(=O)Nc2ccc(N(C)C)cc2)cc1OC. The first-order valence-electron chi connectivity index (χ1n) is 6.89. The van der Waals surface area contributed by atoms with Crippen molar-refractivity contribution in [2.24, 2.45) is 0 Å². The third-order valence-corrected chi connectivity index (χ3v) is 4.68. The highest BCUT2D eigenvalue weighted by molar-refractivity contribution is 7.92. The molecule has 0 bridgehead atoms. The summed E-state index contributed by atoms with van der Waals surface area (Å²) in [5.74, 6) is 0.833. The Balaban J connectivity index is 2.28. The van der Waals surface area contributed by atoms with E-state index in [9.17, 15) is 8.42 Å². The smallest absolute Gasteiger partial charge is 0.262 e. The molecule has 0 amide bonds. The van der Waals surface area contributed by atoms with Crippen molar-refractivity contribution in [2.45, 2.75) is 4.90 Å². The van der Waals surface area contributed by atoms with Crippen molar-refractivity contribution in [3.63, 3.8) is 0 Å². The van der Waals surface area contributed by atoms with Crippen molar-refractivity contribution < 1.29 is 17.9 Å². The fraction of sp³-hybridized carbons (Fsp3) is 0.250. The Morgan fingerprint density at radius 1 is 0.913 bits per heavy atom. The van der Waals surface area contributed by atoms with Gasteiger partial charge in [0.25, 0.3) is 10.0 Å². The molecule has 0 aromatic heterocycles. The van der Waals surface area contributed by atoms with Crippen LogP contribution < -0.4 is 19.1 Å². The van der Waals surface area contributed by atoms with Gasteiger partial charge in [-0.15, -0.1) is 0 Å². The van der Waals surface area contributed by atoms with E-state index in [2.05, 4.69) is 4.72 Å². The molecule has 0 saturated carbocycles. The van der Waals surface area contributed by atoms with Crippen molar-refractivity contribution in [1.82, 2.24) is 0 Å². The number of nitrogens with one attached hydrogen (secondary N) is 1. The number of ether oxygens (including phenoxy) is 2. The monoisotopic (exact) mass is 336 g/mol. The van der Waals surface area contributed by atoms with Crippen LogP contribution in [0, 0.1) is 0 Å². The maximum atomic E-state index is 12.5. The molecule has 7 heteroatoms. The van der Waals surface area contributed by atoms with Crippen LogP contribution in [0.5, 0.6) is 11.5 Å². The van der Waals surface area contributed by atoms with E-state index in [0.29, 0.717) is 17.2 Å². The Bertz CT molecular complexity index is 771. The molecular formula is C16H20N2O4S. The van der Waals surface area contributed by atoms with Gasteiger partial charge in [0, 0.05) is 31.5 Å². The lowest BCUT2D eigenvalue weighted by Crippen LogP contribution is -2.13. The second-order valence-electron chi connectivity index (χ2n) is 5.06. The number of hydrogen-bond acceptors (Lipinski definition) is 5. The van der Waals surface area contributed by atoms with E-state index in [1.165, 1.54) is 26.4 Å². The van der Waals surface area contributed by atoms with Crippen molar-refractivity contribution in [2.75, 3.05) is 37.9 Å². The Labute approximate surface area is 136 Å². The molecule has 0 fully saturated rings. The molecule has 1 N–H and O–H groups in total. The second kappa shape index (κ2) is 6.78. The molecule has 6 nitrogen and oxygen atoms in total. The quantitative estimate of drug-likeness (QED) is 0.878. The number of benzene rings is 2. The van der Waals surface area contributed by atoms with Gasteiger partial charge >= 0.3 is 0 Å². The zero-order chi connectivity index (χ0) is 17.0. The molecule has 0 saturated heterocycles. The van der Waals surface area contributed by atoms with Crippen LogP contribution in [0.25, 0.3) is 0 Å². The molecule has 23 heavy (non-hydrogen) atoms. The minimum Gasteiger partial charge on any atom is -0.493 e. The first-order valence-corrected chi connectivity index (χ1v) is 8.38. The normalized spacial score (nSPS) is 11.0. The average Bonchev–Trinajstić information content (AvgIpc) is 2.54. The molecule has 2 aromatic carbocycles. The third-order valence-electron chi connectivity index (χ3n) is 3.30. The van der Waals surface area contributed by atoms with E-state index in [4.69, 9.17) is 9.47 Å². The zero-order valence-corrected chi connectivity index (χ0v) is 14.3. The van der Waals surface area contributed by atoms with Crippen LogP contribution in [0.1, 0.15) is 0 Å². The molecule has 0 atom stereocenters. The molecule has 0 aliphatic heterocycles. The number of hydrogen-bond donors (Lipinski definition) is 1. The highest BCUT2D eigenvalue weighted by atomic mass is 32.2. The first-order chi connectivity index (χ1) is 10.9. The third kappa shape index (κ3) is 3.87. The van der Waals surface area contributed by atoms with Gasteiger partial charge in [-0.3, -0.25) is 4.72 Å². The zero-order valence-electron chi connectivity index (χ0n) is 13.5. The summed E-state index contributed by atoms with van der Waals surface area (Å²) >= 11 is 0. The summed E-state index contributed by atoms with van der Waals surface area (Å²) in [4.78, 5) is 2.04. The lowest BCUT2D eigenvalue weighted by Gasteiger charge is -2.14. The van der Waals surface area contributed by atoms with Gasteiger partial charge in [0.1, 0.15) is 0 Å². The van der Waals surface area contributed by atoms with Gasteiger partial charge < -0.3 is 14.4 Å². The van der Waals surface area contributed by atoms with Crippen LogP contribution in [0.15, 0.2) is 47.4 Å². The Morgan fingerprint density at radius 2 is 1.52 bits per heavy atom. The van der Waals surface area contributed by atoms with Crippen molar-refractivity contribution in [1.29, 1.82) is 0 Å².